The van der Waals surface area contributed by atoms with E-state index in [1.165, 1.54) is 5.56 Å². The zero-order chi connectivity index (χ0) is 22.2. The fourth-order valence-corrected chi connectivity index (χ4v) is 3.86. The average Bonchev–Trinajstić information content (AvgIpc) is 3.41. The molecular weight excluding hydrogens is 468 g/mol. The van der Waals surface area contributed by atoms with Crippen molar-refractivity contribution in [3.05, 3.63) is 94.2 Å². The molecule has 2 heterocycles. The van der Waals surface area contributed by atoms with Crippen molar-refractivity contribution in [1.82, 2.24) is 4.98 Å². The van der Waals surface area contributed by atoms with Crippen molar-refractivity contribution < 1.29 is 13.6 Å². The fourth-order valence-electron chi connectivity index (χ4n) is 3.60. The Morgan fingerprint density at radius 1 is 0.906 bits per heavy atom. The molecule has 0 saturated carbocycles. The Kier molecular flexibility index (Phi) is 5.15. The molecule has 5 aromatic rings. The van der Waals surface area contributed by atoms with Crippen LogP contribution in [0.3, 0.4) is 0 Å². The molecule has 0 unspecified atom stereocenters. The summed E-state index contributed by atoms with van der Waals surface area (Å²) in [6.07, 6.45) is 0. The van der Waals surface area contributed by atoms with E-state index in [9.17, 15) is 4.79 Å². The van der Waals surface area contributed by atoms with Gasteiger partial charge in [-0.15, -0.1) is 0 Å². The maximum Gasteiger partial charge on any atom is 0.291 e. The molecule has 158 valence electrons. The van der Waals surface area contributed by atoms with E-state index in [1.54, 1.807) is 30.3 Å². The Labute approximate surface area is 193 Å². The van der Waals surface area contributed by atoms with Gasteiger partial charge in [-0.1, -0.05) is 45.8 Å². The van der Waals surface area contributed by atoms with E-state index >= 15 is 0 Å². The Balaban J connectivity index is 1.37. The molecule has 0 fully saturated rings. The number of hydrogen-bond acceptors (Lipinski definition) is 4. The molecule has 0 aliphatic carbocycles. The highest BCUT2D eigenvalue weighted by molar-refractivity contribution is 9.10. The molecular formula is C26H19BrN2O3. The summed E-state index contributed by atoms with van der Waals surface area (Å²) in [7, 11) is 0. The number of oxazole rings is 1. The number of aryl methyl sites for hydroxylation is 2. The molecule has 1 amide bonds. The number of fused-ring (bicyclic) bond motifs is 1. The standard InChI is InChI=1S/C26H19BrN2O3/c1-15-3-9-20(16(2)13-15)26-29-21-14-19(8-10-23(21)32-26)28-25(30)24-12-11-22(31-24)17-4-6-18(27)7-5-17/h3-14H,1-2H3,(H,28,30). The lowest BCUT2D eigenvalue weighted by molar-refractivity contribution is 0.0997. The predicted octanol–water partition coefficient (Wildman–Crippen LogP) is 7.39. The number of benzene rings is 3. The van der Waals surface area contributed by atoms with Gasteiger partial charge in [0.25, 0.3) is 5.91 Å². The Morgan fingerprint density at radius 3 is 2.50 bits per heavy atom. The quantitative estimate of drug-likeness (QED) is 0.287. The van der Waals surface area contributed by atoms with Gasteiger partial charge in [-0.05, 0) is 67.9 Å². The SMILES string of the molecule is Cc1ccc(-c2nc3cc(NC(=O)c4ccc(-c5ccc(Br)cc5)o4)ccc3o2)c(C)c1. The lowest BCUT2D eigenvalue weighted by Crippen LogP contribution is -2.10. The maximum atomic E-state index is 12.7. The summed E-state index contributed by atoms with van der Waals surface area (Å²) in [4.78, 5) is 17.3. The van der Waals surface area contributed by atoms with Crippen molar-refractivity contribution >= 4 is 38.6 Å². The molecule has 0 spiro atoms. The van der Waals surface area contributed by atoms with Gasteiger partial charge >= 0.3 is 0 Å². The number of aromatic nitrogens is 1. The third kappa shape index (κ3) is 3.97. The molecule has 0 radical (unpaired) electrons. The van der Waals surface area contributed by atoms with Crippen molar-refractivity contribution in [3.8, 4) is 22.8 Å². The molecule has 1 N–H and O–H groups in total. The first-order chi connectivity index (χ1) is 15.5. The number of anilines is 1. The van der Waals surface area contributed by atoms with Gasteiger partial charge < -0.3 is 14.2 Å². The summed E-state index contributed by atoms with van der Waals surface area (Å²) in [6.45, 7) is 4.09. The Morgan fingerprint density at radius 2 is 1.72 bits per heavy atom. The number of amides is 1. The van der Waals surface area contributed by atoms with E-state index in [2.05, 4.69) is 39.2 Å². The first kappa shape index (κ1) is 20.3. The lowest BCUT2D eigenvalue weighted by atomic mass is 10.1. The normalized spacial score (nSPS) is 11.1. The number of nitrogens with one attached hydrogen (secondary N) is 1. The van der Waals surface area contributed by atoms with Crippen molar-refractivity contribution in [3.63, 3.8) is 0 Å². The van der Waals surface area contributed by atoms with E-state index in [0.717, 1.165) is 21.2 Å². The number of rotatable bonds is 4. The summed E-state index contributed by atoms with van der Waals surface area (Å²) < 4.78 is 12.7. The third-order valence-electron chi connectivity index (χ3n) is 5.22. The first-order valence-corrected chi connectivity index (χ1v) is 10.9. The number of carbonyl (C=O) groups is 1. The van der Waals surface area contributed by atoms with E-state index in [4.69, 9.17) is 8.83 Å². The molecule has 3 aromatic carbocycles. The second kappa shape index (κ2) is 8.13. The van der Waals surface area contributed by atoms with Crippen LogP contribution >= 0.6 is 15.9 Å². The highest BCUT2D eigenvalue weighted by Crippen LogP contribution is 2.29. The molecule has 0 atom stereocenters. The van der Waals surface area contributed by atoms with E-state index < -0.39 is 0 Å². The largest absolute Gasteiger partial charge is 0.451 e. The number of carbonyl (C=O) groups excluding carboxylic acids is 1. The Hall–Kier alpha value is -3.64. The van der Waals surface area contributed by atoms with Crippen LogP contribution in [0.25, 0.3) is 33.9 Å². The van der Waals surface area contributed by atoms with E-state index in [1.807, 2.05) is 43.3 Å². The van der Waals surface area contributed by atoms with Gasteiger partial charge in [0.2, 0.25) is 5.89 Å². The minimum Gasteiger partial charge on any atom is -0.451 e. The van der Waals surface area contributed by atoms with Gasteiger partial charge in [0.05, 0.1) is 0 Å². The smallest absolute Gasteiger partial charge is 0.291 e. The minimum absolute atomic E-state index is 0.235. The van der Waals surface area contributed by atoms with Crippen molar-refractivity contribution in [2.45, 2.75) is 13.8 Å². The zero-order valence-electron chi connectivity index (χ0n) is 17.5. The van der Waals surface area contributed by atoms with Gasteiger partial charge in [-0.25, -0.2) is 4.98 Å². The van der Waals surface area contributed by atoms with Crippen LogP contribution < -0.4 is 5.32 Å². The van der Waals surface area contributed by atoms with Crippen LogP contribution in [0, 0.1) is 13.8 Å². The number of furan rings is 1. The topological polar surface area (TPSA) is 68.3 Å². The van der Waals surface area contributed by atoms with Crippen LogP contribution in [0.5, 0.6) is 0 Å². The average molecular weight is 487 g/mol. The molecule has 0 bridgehead atoms. The van der Waals surface area contributed by atoms with Crippen LogP contribution in [0.1, 0.15) is 21.7 Å². The van der Waals surface area contributed by atoms with Crippen molar-refractivity contribution in [1.29, 1.82) is 0 Å². The van der Waals surface area contributed by atoms with Gasteiger partial charge in [0.15, 0.2) is 11.3 Å². The lowest BCUT2D eigenvalue weighted by Gasteiger charge is -2.03. The van der Waals surface area contributed by atoms with Gasteiger partial charge in [0, 0.05) is 21.3 Å². The van der Waals surface area contributed by atoms with E-state index in [-0.39, 0.29) is 11.7 Å². The van der Waals surface area contributed by atoms with Gasteiger partial charge in [-0.3, -0.25) is 4.79 Å². The third-order valence-corrected chi connectivity index (χ3v) is 5.74. The molecule has 0 aliphatic heterocycles. The molecule has 0 saturated heterocycles. The van der Waals surface area contributed by atoms with Gasteiger partial charge in [0.1, 0.15) is 11.3 Å². The van der Waals surface area contributed by atoms with Crippen LogP contribution in [-0.4, -0.2) is 10.9 Å². The van der Waals surface area contributed by atoms with Crippen molar-refractivity contribution in [2.24, 2.45) is 0 Å². The molecule has 6 heteroatoms. The number of nitrogens with zero attached hydrogens (tertiary/aromatic N) is 1. The summed E-state index contributed by atoms with van der Waals surface area (Å²) in [5.74, 6) is 1.10. The Bertz CT molecular complexity index is 1450. The number of hydrogen-bond donors (Lipinski definition) is 1. The summed E-state index contributed by atoms with van der Waals surface area (Å²) >= 11 is 3.42. The predicted molar refractivity (Wildman–Crippen MR) is 129 cm³/mol. The number of halogens is 1. The highest BCUT2D eigenvalue weighted by atomic mass is 79.9. The second-order valence-electron chi connectivity index (χ2n) is 7.64. The molecule has 32 heavy (non-hydrogen) atoms. The summed E-state index contributed by atoms with van der Waals surface area (Å²) in [6, 6.07) is 22.7. The minimum atomic E-state index is -0.328. The van der Waals surface area contributed by atoms with Crippen LogP contribution in [0.2, 0.25) is 0 Å². The summed E-state index contributed by atoms with van der Waals surface area (Å²) in [5.41, 5.74) is 6.09. The highest BCUT2D eigenvalue weighted by Gasteiger charge is 2.15. The zero-order valence-corrected chi connectivity index (χ0v) is 19.1. The molecule has 0 aliphatic rings. The molecule has 2 aromatic heterocycles. The van der Waals surface area contributed by atoms with Crippen LogP contribution in [-0.2, 0) is 0 Å². The first-order valence-electron chi connectivity index (χ1n) is 10.1. The van der Waals surface area contributed by atoms with Crippen LogP contribution in [0.4, 0.5) is 5.69 Å². The second-order valence-corrected chi connectivity index (χ2v) is 8.56. The monoisotopic (exact) mass is 486 g/mol. The maximum absolute atomic E-state index is 12.7. The van der Waals surface area contributed by atoms with E-state index in [0.29, 0.717) is 28.4 Å². The summed E-state index contributed by atoms with van der Waals surface area (Å²) in [5, 5.41) is 2.87. The molecule has 5 nitrogen and oxygen atoms in total. The van der Waals surface area contributed by atoms with Crippen molar-refractivity contribution in [2.75, 3.05) is 5.32 Å². The van der Waals surface area contributed by atoms with Gasteiger partial charge in [-0.2, -0.15) is 0 Å². The fraction of sp³-hybridized carbons (Fsp3) is 0.0769. The van der Waals surface area contributed by atoms with Crippen LogP contribution in [0.15, 0.2) is 86.1 Å². The molecule has 5 rings (SSSR count).